The number of nitrogens with two attached hydrogens (primary N) is 1. The van der Waals surface area contributed by atoms with Crippen LogP contribution in [0, 0.1) is 0 Å². The number of carbonyl (C=O) groups is 1. The van der Waals surface area contributed by atoms with Gasteiger partial charge in [-0.1, -0.05) is 30.3 Å². The maximum atomic E-state index is 11.9. The lowest BCUT2D eigenvalue weighted by atomic mass is 10.2. The van der Waals surface area contributed by atoms with Crippen molar-refractivity contribution >= 4 is 5.97 Å². The normalized spacial score (nSPS) is 10.3. The van der Waals surface area contributed by atoms with Gasteiger partial charge in [0.15, 0.2) is 5.75 Å². The van der Waals surface area contributed by atoms with Gasteiger partial charge in [0.1, 0.15) is 6.61 Å². The number of pyridine rings is 1. The molecule has 1 aromatic heterocycles. The van der Waals surface area contributed by atoms with Crippen LogP contribution in [-0.2, 0) is 17.8 Å². The molecule has 110 valence electrons. The standard InChI is InChI=1S/C15H16N2O4/c16-17-9-8-13(18)15(12(17)6-7-14(19)20)21-10-11-4-2-1-3-5-11/h1-5,8-9H,6-7,10,16H2,(H,19,20). The Morgan fingerprint density at radius 1 is 1.24 bits per heavy atom. The highest BCUT2D eigenvalue weighted by Gasteiger charge is 2.13. The van der Waals surface area contributed by atoms with E-state index in [-0.39, 0.29) is 30.6 Å². The van der Waals surface area contributed by atoms with Crippen LogP contribution in [0.5, 0.6) is 5.75 Å². The molecule has 3 N–H and O–H groups in total. The number of hydrogen-bond acceptors (Lipinski definition) is 4. The smallest absolute Gasteiger partial charge is 0.303 e. The molecule has 0 saturated heterocycles. The summed E-state index contributed by atoms with van der Waals surface area (Å²) in [7, 11) is 0. The zero-order valence-electron chi connectivity index (χ0n) is 11.4. The highest BCUT2D eigenvalue weighted by atomic mass is 16.5. The summed E-state index contributed by atoms with van der Waals surface area (Å²) < 4.78 is 6.79. The quantitative estimate of drug-likeness (QED) is 0.778. The van der Waals surface area contributed by atoms with Crippen molar-refractivity contribution in [2.45, 2.75) is 19.4 Å². The van der Waals surface area contributed by atoms with Gasteiger partial charge in [-0.05, 0) is 5.56 Å². The fourth-order valence-electron chi connectivity index (χ4n) is 1.93. The first kappa shape index (κ1) is 14.6. The van der Waals surface area contributed by atoms with Crippen LogP contribution < -0.4 is 16.0 Å². The summed E-state index contributed by atoms with van der Waals surface area (Å²) in [6.07, 6.45) is 1.41. The number of nitrogen functional groups attached to an aromatic ring is 1. The first-order valence-electron chi connectivity index (χ1n) is 6.46. The number of nitrogens with zero attached hydrogens (tertiary/aromatic N) is 1. The third-order valence-electron chi connectivity index (χ3n) is 2.99. The molecule has 0 aliphatic carbocycles. The van der Waals surface area contributed by atoms with E-state index in [0.717, 1.165) is 5.56 Å². The van der Waals surface area contributed by atoms with E-state index in [0.29, 0.717) is 5.69 Å². The molecule has 0 radical (unpaired) electrons. The third-order valence-corrected chi connectivity index (χ3v) is 2.99. The molecule has 1 heterocycles. The van der Waals surface area contributed by atoms with E-state index < -0.39 is 5.97 Å². The SMILES string of the molecule is Nn1ccc(=O)c(OCc2ccccc2)c1CCC(=O)O. The summed E-state index contributed by atoms with van der Waals surface area (Å²) in [5.74, 6) is 4.89. The Labute approximate surface area is 121 Å². The minimum atomic E-state index is -0.958. The van der Waals surface area contributed by atoms with Gasteiger partial charge in [0, 0.05) is 18.7 Å². The molecule has 0 aliphatic heterocycles. The van der Waals surface area contributed by atoms with Crippen LogP contribution in [0.4, 0.5) is 0 Å². The summed E-state index contributed by atoms with van der Waals surface area (Å²) >= 11 is 0. The number of ether oxygens (including phenoxy) is 1. The number of aromatic nitrogens is 1. The van der Waals surface area contributed by atoms with E-state index in [9.17, 15) is 9.59 Å². The summed E-state index contributed by atoms with van der Waals surface area (Å²) in [6.45, 7) is 0.222. The van der Waals surface area contributed by atoms with Crippen molar-refractivity contribution in [3.63, 3.8) is 0 Å². The molecule has 2 aromatic rings. The number of carboxylic acids is 1. The van der Waals surface area contributed by atoms with E-state index in [1.807, 2.05) is 30.3 Å². The van der Waals surface area contributed by atoms with Gasteiger partial charge < -0.3 is 15.7 Å². The monoisotopic (exact) mass is 288 g/mol. The number of hydrogen-bond donors (Lipinski definition) is 2. The van der Waals surface area contributed by atoms with Crippen LogP contribution in [0.15, 0.2) is 47.4 Å². The Hall–Kier alpha value is -2.76. The van der Waals surface area contributed by atoms with E-state index in [1.165, 1.54) is 16.9 Å². The number of aliphatic carboxylic acids is 1. The number of rotatable bonds is 6. The van der Waals surface area contributed by atoms with E-state index >= 15 is 0 Å². The van der Waals surface area contributed by atoms with Gasteiger partial charge in [0.25, 0.3) is 0 Å². The van der Waals surface area contributed by atoms with Gasteiger partial charge in [0.2, 0.25) is 5.43 Å². The molecular formula is C15H16N2O4. The molecule has 0 saturated carbocycles. The fourth-order valence-corrected chi connectivity index (χ4v) is 1.93. The second-order valence-corrected chi connectivity index (χ2v) is 4.53. The zero-order valence-corrected chi connectivity index (χ0v) is 11.4. The highest BCUT2D eigenvalue weighted by molar-refractivity contribution is 5.67. The van der Waals surface area contributed by atoms with Crippen molar-refractivity contribution < 1.29 is 14.6 Å². The number of carboxylic acid groups (broad SMARTS) is 1. The van der Waals surface area contributed by atoms with E-state index in [4.69, 9.17) is 15.7 Å². The Balaban J connectivity index is 2.22. The van der Waals surface area contributed by atoms with Crippen LogP contribution in [0.25, 0.3) is 0 Å². The lowest BCUT2D eigenvalue weighted by molar-refractivity contribution is -0.136. The second-order valence-electron chi connectivity index (χ2n) is 4.53. The van der Waals surface area contributed by atoms with Crippen LogP contribution in [-0.4, -0.2) is 15.8 Å². The summed E-state index contributed by atoms with van der Waals surface area (Å²) in [5.41, 5.74) is 0.974. The van der Waals surface area contributed by atoms with Gasteiger partial charge in [0.05, 0.1) is 12.1 Å². The maximum absolute atomic E-state index is 11.9. The predicted octanol–water partition coefficient (Wildman–Crippen LogP) is 1.16. The average molecular weight is 288 g/mol. The number of benzene rings is 1. The van der Waals surface area contributed by atoms with Gasteiger partial charge >= 0.3 is 5.97 Å². The third kappa shape index (κ3) is 3.85. The lowest BCUT2D eigenvalue weighted by Crippen LogP contribution is -2.22. The van der Waals surface area contributed by atoms with Gasteiger partial charge in [-0.2, -0.15) is 0 Å². The first-order valence-corrected chi connectivity index (χ1v) is 6.46. The van der Waals surface area contributed by atoms with Crippen molar-refractivity contribution in [1.29, 1.82) is 0 Å². The van der Waals surface area contributed by atoms with Crippen LogP contribution in [0.1, 0.15) is 17.7 Å². The van der Waals surface area contributed by atoms with Crippen molar-refractivity contribution in [1.82, 2.24) is 4.68 Å². The van der Waals surface area contributed by atoms with Gasteiger partial charge in [-0.15, -0.1) is 0 Å². The van der Waals surface area contributed by atoms with Crippen LogP contribution in [0.3, 0.4) is 0 Å². The van der Waals surface area contributed by atoms with Crippen molar-refractivity contribution in [2.24, 2.45) is 0 Å². The highest BCUT2D eigenvalue weighted by Crippen LogP contribution is 2.15. The predicted molar refractivity (Wildman–Crippen MR) is 77.6 cm³/mol. The maximum Gasteiger partial charge on any atom is 0.303 e. The lowest BCUT2D eigenvalue weighted by Gasteiger charge is -2.13. The van der Waals surface area contributed by atoms with E-state index in [2.05, 4.69) is 0 Å². The average Bonchev–Trinajstić information content (AvgIpc) is 2.47. The second kappa shape index (κ2) is 6.60. The largest absolute Gasteiger partial charge is 0.483 e. The molecule has 1 aromatic carbocycles. The van der Waals surface area contributed by atoms with Crippen molar-refractivity contribution in [2.75, 3.05) is 5.84 Å². The Bertz CT molecular complexity index is 680. The summed E-state index contributed by atoms with van der Waals surface area (Å²) in [6, 6.07) is 10.7. The molecule has 0 bridgehead atoms. The van der Waals surface area contributed by atoms with Crippen molar-refractivity contribution in [3.05, 3.63) is 64.1 Å². The Morgan fingerprint density at radius 2 is 1.95 bits per heavy atom. The molecule has 0 unspecified atom stereocenters. The molecule has 21 heavy (non-hydrogen) atoms. The zero-order chi connectivity index (χ0) is 15.2. The van der Waals surface area contributed by atoms with Crippen LogP contribution >= 0.6 is 0 Å². The molecule has 0 aliphatic rings. The fraction of sp³-hybridized carbons (Fsp3) is 0.200. The molecule has 6 nitrogen and oxygen atoms in total. The Morgan fingerprint density at radius 3 is 2.62 bits per heavy atom. The minimum Gasteiger partial charge on any atom is -0.483 e. The summed E-state index contributed by atoms with van der Waals surface area (Å²) in [4.78, 5) is 22.6. The molecule has 2 rings (SSSR count). The van der Waals surface area contributed by atoms with Crippen molar-refractivity contribution in [3.8, 4) is 5.75 Å². The molecule has 6 heteroatoms. The molecule has 0 fully saturated rings. The van der Waals surface area contributed by atoms with Gasteiger partial charge in [-0.25, -0.2) is 0 Å². The van der Waals surface area contributed by atoms with E-state index in [1.54, 1.807) is 0 Å². The van der Waals surface area contributed by atoms with Crippen LogP contribution in [0.2, 0.25) is 0 Å². The molecule has 0 atom stereocenters. The summed E-state index contributed by atoms with van der Waals surface area (Å²) in [5, 5.41) is 8.76. The van der Waals surface area contributed by atoms with Gasteiger partial charge in [-0.3, -0.25) is 14.3 Å². The first-order chi connectivity index (χ1) is 10.1. The Kier molecular flexibility index (Phi) is 4.61. The molecular weight excluding hydrogens is 272 g/mol. The molecule has 0 amide bonds. The molecule has 0 spiro atoms. The minimum absolute atomic E-state index is 0.102. The topological polar surface area (TPSA) is 94.5 Å².